The van der Waals surface area contributed by atoms with E-state index in [4.69, 9.17) is 22.1 Å². The number of amides is 1. The number of para-hydroxylation sites is 1. The van der Waals surface area contributed by atoms with Crippen LogP contribution < -0.4 is 11.1 Å². The second kappa shape index (κ2) is 8.59. The second-order valence-corrected chi connectivity index (χ2v) is 8.20. The van der Waals surface area contributed by atoms with Crippen LogP contribution in [0.3, 0.4) is 0 Å². The summed E-state index contributed by atoms with van der Waals surface area (Å²) in [5, 5.41) is 7.80. The number of hydrogen-bond donors (Lipinski definition) is 2. The van der Waals surface area contributed by atoms with Gasteiger partial charge in [-0.05, 0) is 30.3 Å². The lowest BCUT2D eigenvalue weighted by atomic mass is 9.92. The highest BCUT2D eigenvalue weighted by Crippen LogP contribution is 2.26. The molecule has 0 saturated heterocycles. The first-order chi connectivity index (χ1) is 14.1. The number of nitrogens with zero attached hydrogens (tertiary/aromatic N) is 2. The molecule has 3 aromatic rings. The number of nitrogens with one attached hydrogen (secondary N) is 1. The van der Waals surface area contributed by atoms with E-state index < -0.39 is 18.5 Å². The number of nitrogen functional groups attached to an aromatic ring is 1. The Morgan fingerprint density at radius 2 is 1.83 bits per heavy atom. The zero-order chi connectivity index (χ0) is 21.9. The largest absolute Gasteiger partial charge is 0.452 e. The third-order valence-corrected chi connectivity index (χ3v) is 4.55. The van der Waals surface area contributed by atoms with E-state index in [2.05, 4.69) is 10.4 Å². The summed E-state index contributed by atoms with van der Waals surface area (Å²) in [5.74, 6) is -0.710. The van der Waals surface area contributed by atoms with Gasteiger partial charge in [0.25, 0.3) is 5.91 Å². The number of hydrogen-bond acceptors (Lipinski definition) is 5. The van der Waals surface area contributed by atoms with E-state index in [1.807, 2.05) is 57.2 Å². The van der Waals surface area contributed by atoms with Crippen LogP contribution in [0.2, 0.25) is 5.02 Å². The summed E-state index contributed by atoms with van der Waals surface area (Å²) in [6.07, 6.45) is 0. The fraction of sp³-hybridized carbons (Fsp3) is 0.227. The van der Waals surface area contributed by atoms with E-state index >= 15 is 0 Å². The Morgan fingerprint density at radius 3 is 2.47 bits per heavy atom. The van der Waals surface area contributed by atoms with Gasteiger partial charge in [0.1, 0.15) is 5.82 Å². The van der Waals surface area contributed by atoms with Crippen molar-refractivity contribution >= 4 is 35.0 Å². The summed E-state index contributed by atoms with van der Waals surface area (Å²) in [7, 11) is 0. The number of ether oxygens (including phenoxy) is 1. The summed E-state index contributed by atoms with van der Waals surface area (Å²) in [4.78, 5) is 24.7. The van der Waals surface area contributed by atoms with E-state index in [0.717, 1.165) is 11.4 Å². The molecule has 3 N–H and O–H groups in total. The number of esters is 1. The number of carbonyl (C=O) groups excluding carboxylic acids is 2. The fourth-order valence-corrected chi connectivity index (χ4v) is 2.89. The molecule has 1 amide bonds. The quantitative estimate of drug-likeness (QED) is 0.470. The van der Waals surface area contributed by atoms with Crippen LogP contribution in [0.25, 0.3) is 5.69 Å². The molecule has 2 aromatic carbocycles. The highest BCUT2D eigenvalue weighted by atomic mass is 35.5. The summed E-state index contributed by atoms with van der Waals surface area (Å²) in [6.45, 7) is 5.64. The van der Waals surface area contributed by atoms with Crippen molar-refractivity contribution in [3.8, 4) is 5.69 Å². The van der Waals surface area contributed by atoms with Gasteiger partial charge in [-0.1, -0.05) is 50.6 Å². The molecule has 156 valence electrons. The minimum absolute atomic E-state index is 0.150. The van der Waals surface area contributed by atoms with Crippen molar-refractivity contribution < 1.29 is 14.3 Å². The third kappa shape index (κ3) is 4.99. The first kappa shape index (κ1) is 21.4. The first-order valence-electron chi connectivity index (χ1n) is 9.33. The van der Waals surface area contributed by atoms with Crippen molar-refractivity contribution in [1.82, 2.24) is 9.78 Å². The molecular formula is C22H23ClN4O3. The van der Waals surface area contributed by atoms with Gasteiger partial charge in [0.15, 0.2) is 6.61 Å². The van der Waals surface area contributed by atoms with Gasteiger partial charge in [-0.2, -0.15) is 5.10 Å². The molecule has 0 aliphatic heterocycles. The average Bonchev–Trinajstić information content (AvgIpc) is 3.11. The Hall–Kier alpha value is -3.32. The first-order valence-corrected chi connectivity index (χ1v) is 9.71. The zero-order valence-electron chi connectivity index (χ0n) is 17.0. The Balaban J connectivity index is 1.74. The molecule has 0 spiro atoms. The van der Waals surface area contributed by atoms with Crippen molar-refractivity contribution in [2.75, 3.05) is 17.7 Å². The molecule has 3 rings (SSSR count). The van der Waals surface area contributed by atoms with Crippen LogP contribution in [0, 0.1) is 0 Å². The van der Waals surface area contributed by atoms with E-state index in [1.165, 1.54) is 18.2 Å². The van der Waals surface area contributed by atoms with E-state index in [9.17, 15) is 9.59 Å². The monoisotopic (exact) mass is 426 g/mol. The lowest BCUT2D eigenvalue weighted by molar-refractivity contribution is -0.119. The molecule has 30 heavy (non-hydrogen) atoms. The van der Waals surface area contributed by atoms with Crippen LogP contribution in [-0.2, 0) is 14.9 Å². The van der Waals surface area contributed by atoms with Crippen molar-refractivity contribution in [2.45, 2.75) is 26.2 Å². The van der Waals surface area contributed by atoms with Crippen LogP contribution >= 0.6 is 11.6 Å². The van der Waals surface area contributed by atoms with Gasteiger partial charge in [0.2, 0.25) is 0 Å². The number of benzene rings is 2. The number of aromatic nitrogens is 2. The maximum absolute atomic E-state index is 12.4. The molecule has 0 unspecified atom stereocenters. The molecule has 0 radical (unpaired) electrons. The summed E-state index contributed by atoms with van der Waals surface area (Å²) in [5.41, 5.74) is 7.52. The topological polar surface area (TPSA) is 99.2 Å². The minimum Gasteiger partial charge on any atom is -0.452 e. The average molecular weight is 427 g/mol. The second-order valence-electron chi connectivity index (χ2n) is 7.77. The Bertz CT molecular complexity index is 1070. The van der Waals surface area contributed by atoms with Crippen LogP contribution in [0.15, 0.2) is 54.6 Å². The SMILES string of the molecule is CC(C)(C)c1cc(NC(=O)COC(=O)c2ccc(Cl)cc2N)n(-c2ccccc2)n1. The van der Waals surface area contributed by atoms with Crippen LogP contribution in [0.4, 0.5) is 11.5 Å². The predicted octanol–water partition coefficient (Wildman–Crippen LogP) is 4.20. The number of halogens is 1. The van der Waals surface area contributed by atoms with Gasteiger partial charge < -0.3 is 15.8 Å². The van der Waals surface area contributed by atoms with E-state index in [-0.39, 0.29) is 16.7 Å². The van der Waals surface area contributed by atoms with Crippen molar-refractivity contribution in [3.63, 3.8) is 0 Å². The standard InChI is InChI=1S/C22H23ClN4O3/c1-22(2,3)18-12-19(27(26-18)15-7-5-4-6-8-15)25-20(28)13-30-21(29)16-10-9-14(23)11-17(16)24/h4-12H,13,24H2,1-3H3,(H,25,28). The molecule has 1 aromatic heterocycles. The number of anilines is 2. The van der Waals surface area contributed by atoms with Gasteiger partial charge in [0.05, 0.1) is 16.9 Å². The summed E-state index contributed by atoms with van der Waals surface area (Å²) < 4.78 is 6.75. The van der Waals surface area contributed by atoms with Crippen LogP contribution in [0.1, 0.15) is 36.8 Å². The maximum atomic E-state index is 12.4. The molecule has 0 fully saturated rings. The molecule has 0 saturated carbocycles. The smallest absolute Gasteiger partial charge is 0.340 e. The van der Waals surface area contributed by atoms with Crippen LogP contribution in [-0.4, -0.2) is 28.3 Å². The van der Waals surface area contributed by atoms with Crippen molar-refractivity contribution in [3.05, 3.63) is 70.9 Å². The van der Waals surface area contributed by atoms with Gasteiger partial charge in [0, 0.05) is 22.2 Å². The van der Waals surface area contributed by atoms with Crippen molar-refractivity contribution in [1.29, 1.82) is 0 Å². The normalized spacial score (nSPS) is 11.2. The highest BCUT2D eigenvalue weighted by molar-refractivity contribution is 6.31. The lowest BCUT2D eigenvalue weighted by Gasteiger charge is -2.14. The molecule has 0 bridgehead atoms. The maximum Gasteiger partial charge on any atom is 0.340 e. The molecule has 8 heteroatoms. The third-order valence-electron chi connectivity index (χ3n) is 4.31. The lowest BCUT2D eigenvalue weighted by Crippen LogP contribution is -2.22. The fourth-order valence-electron chi connectivity index (χ4n) is 2.71. The molecule has 7 nitrogen and oxygen atoms in total. The van der Waals surface area contributed by atoms with E-state index in [1.54, 1.807) is 4.68 Å². The molecule has 1 heterocycles. The van der Waals surface area contributed by atoms with Gasteiger partial charge in [-0.3, -0.25) is 4.79 Å². The highest BCUT2D eigenvalue weighted by Gasteiger charge is 2.22. The van der Waals surface area contributed by atoms with Crippen molar-refractivity contribution in [2.24, 2.45) is 0 Å². The number of nitrogens with two attached hydrogens (primary N) is 1. The zero-order valence-corrected chi connectivity index (χ0v) is 17.7. The van der Waals surface area contributed by atoms with Gasteiger partial charge in [-0.25, -0.2) is 9.48 Å². The number of carbonyl (C=O) groups is 2. The summed E-state index contributed by atoms with van der Waals surface area (Å²) in [6, 6.07) is 15.7. The van der Waals surface area contributed by atoms with Gasteiger partial charge in [-0.15, -0.1) is 0 Å². The van der Waals surface area contributed by atoms with Gasteiger partial charge >= 0.3 is 5.97 Å². The van der Waals surface area contributed by atoms with E-state index in [0.29, 0.717) is 10.8 Å². The Kier molecular flexibility index (Phi) is 6.12. The Morgan fingerprint density at radius 1 is 1.13 bits per heavy atom. The summed E-state index contributed by atoms with van der Waals surface area (Å²) >= 11 is 5.83. The molecule has 0 atom stereocenters. The molecule has 0 aliphatic carbocycles. The number of rotatable bonds is 5. The predicted molar refractivity (Wildman–Crippen MR) is 117 cm³/mol. The molecule has 0 aliphatic rings. The van der Waals surface area contributed by atoms with Crippen LogP contribution in [0.5, 0.6) is 0 Å². The Labute approximate surface area is 179 Å². The molecular weight excluding hydrogens is 404 g/mol. The minimum atomic E-state index is -0.703.